The van der Waals surface area contributed by atoms with Crippen molar-refractivity contribution in [2.75, 3.05) is 11.9 Å². The van der Waals surface area contributed by atoms with E-state index < -0.39 is 16.0 Å². The summed E-state index contributed by atoms with van der Waals surface area (Å²) >= 11 is 1.54. The molecule has 4 rings (SSSR count). The fourth-order valence-corrected chi connectivity index (χ4v) is 5.69. The van der Waals surface area contributed by atoms with Crippen LogP contribution in [0, 0.1) is 0 Å². The summed E-state index contributed by atoms with van der Waals surface area (Å²) in [4.78, 5) is 20.2. The molecule has 8 nitrogen and oxygen atoms in total. The molecule has 0 saturated carbocycles. The van der Waals surface area contributed by atoms with E-state index in [2.05, 4.69) is 15.3 Å². The molecule has 0 radical (unpaired) electrons. The highest BCUT2D eigenvalue weighted by Crippen LogP contribution is 2.29. The molecular formula is C22H20N4O4S2. The van der Waals surface area contributed by atoms with Crippen LogP contribution in [0.4, 0.5) is 5.82 Å². The lowest BCUT2D eigenvalue weighted by Gasteiger charge is -2.21. The summed E-state index contributed by atoms with van der Waals surface area (Å²) in [5.74, 6) is -0.645. The Labute approximate surface area is 189 Å². The van der Waals surface area contributed by atoms with Gasteiger partial charge in [0.1, 0.15) is 17.3 Å². The van der Waals surface area contributed by atoms with Gasteiger partial charge in [-0.15, -0.1) is 11.3 Å². The number of carbonyl (C=O) groups is 1. The van der Waals surface area contributed by atoms with Gasteiger partial charge in [0.05, 0.1) is 12.2 Å². The number of carboxylic acids is 1. The number of fused-ring (bicyclic) bond motifs is 1. The van der Waals surface area contributed by atoms with Crippen LogP contribution in [0.3, 0.4) is 0 Å². The van der Waals surface area contributed by atoms with Gasteiger partial charge in [0.2, 0.25) is 10.0 Å². The van der Waals surface area contributed by atoms with Crippen molar-refractivity contribution >= 4 is 43.2 Å². The maximum absolute atomic E-state index is 13.4. The van der Waals surface area contributed by atoms with Crippen LogP contribution in [-0.4, -0.2) is 40.3 Å². The number of aromatic nitrogens is 2. The number of anilines is 1. The van der Waals surface area contributed by atoms with Crippen molar-refractivity contribution in [1.82, 2.24) is 14.3 Å². The molecule has 0 aliphatic rings. The lowest BCUT2D eigenvalue weighted by molar-refractivity contribution is -0.134. The van der Waals surface area contributed by atoms with Crippen LogP contribution in [0.1, 0.15) is 10.6 Å². The van der Waals surface area contributed by atoms with Crippen LogP contribution < -0.4 is 5.32 Å². The Hall–Kier alpha value is -3.34. The molecule has 0 aliphatic carbocycles. The van der Waals surface area contributed by atoms with Gasteiger partial charge in [-0.3, -0.25) is 9.78 Å². The normalized spacial score (nSPS) is 11.7. The largest absolute Gasteiger partial charge is 0.480 e. The highest BCUT2D eigenvalue weighted by molar-refractivity contribution is 7.89. The van der Waals surface area contributed by atoms with Crippen LogP contribution in [0.15, 0.2) is 78.0 Å². The zero-order valence-electron chi connectivity index (χ0n) is 16.9. The summed E-state index contributed by atoms with van der Waals surface area (Å²) in [6.45, 7) is -0.0883. The minimum absolute atomic E-state index is 0.0219. The first-order chi connectivity index (χ1) is 15.4. The lowest BCUT2D eigenvalue weighted by Crippen LogP contribution is -2.30. The number of hydrogen-bond acceptors (Lipinski definition) is 7. The van der Waals surface area contributed by atoms with E-state index in [9.17, 15) is 13.2 Å². The standard InChI is InChI=1S/C22H20N4O4S2/c27-22(28)13-24-21-9-3-6-17(25-21)14-26(32(29,30)19-7-4-10-23-12-19)15-18-11-16-5-1-2-8-20(16)31-18/h1-12H,13-15H2,(H,24,25)(H,27,28). The third kappa shape index (κ3) is 5.10. The minimum atomic E-state index is -3.85. The quantitative estimate of drug-likeness (QED) is 0.386. The number of pyridine rings is 2. The third-order valence-corrected chi connectivity index (χ3v) is 7.52. The van der Waals surface area contributed by atoms with Crippen LogP contribution in [0.5, 0.6) is 0 Å². The Morgan fingerprint density at radius 2 is 1.91 bits per heavy atom. The molecule has 32 heavy (non-hydrogen) atoms. The van der Waals surface area contributed by atoms with Gasteiger partial charge in [0.25, 0.3) is 0 Å². The molecule has 0 spiro atoms. The predicted molar refractivity (Wildman–Crippen MR) is 123 cm³/mol. The summed E-state index contributed by atoms with van der Waals surface area (Å²) in [5.41, 5.74) is 0.494. The molecule has 164 valence electrons. The van der Waals surface area contributed by atoms with E-state index in [0.29, 0.717) is 11.5 Å². The molecule has 3 aromatic heterocycles. The summed E-state index contributed by atoms with van der Waals surface area (Å²) in [7, 11) is -3.85. The van der Waals surface area contributed by atoms with Gasteiger partial charge in [-0.2, -0.15) is 4.31 Å². The van der Waals surface area contributed by atoms with Crippen molar-refractivity contribution in [2.24, 2.45) is 0 Å². The fraction of sp³-hybridized carbons (Fsp3) is 0.136. The SMILES string of the molecule is O=C(O)CNc1cccc(CN(Cc2cc3ccccc3s2)S(=O)(=O)c2cccnc2)n1. The molecule has 2 N–H and O–H groups in total. The summed E-state index contributed by atoms with van der Waals surface area (Å²) in [5, 5.41) is 12.6. The Balaban J connectivity index is 1.66. The molecule has 0 bridgehead atoms. The first-order valence-corrected chi connectivity index (χ1v) is 12.0. The molecule has 0 aliphatic heterocycles. The van der Waals surface area contributed by atoms with Crippen LogP contribution in [-0.2, 0) is 27.9 Å². The average molecular weight is 469 g/mol. The van der Waals surface area contributed by atoms with Crippen molar-refractivity contribution in [3.05, 3.63) is 83.6 Å². The number of thiophene rings is 1. The number of nitrogens with one attached hydrogen (secondary N) is 1. The second-order valence-electron chi connectivity index (χ2n) is 6.97. The van der Waals surface area contributed by atoms with E-state index in [1.807, 2.05) is 30.3 Å². The van der Waals surface area contributed by atoms with Gasteiger partial charge in [-0.05, 0) is 41.8 Å². The van der Waals surface area contributed by atoms with Crippen molar-refractivity contribution in [3.63, 3.8) is 0 Å². The Morgan fingerprint density at radius 1 is 1.06 bits per heavy atom. The maximum atomic E-state index is 13.4. The van der Waals surface area contributed by atoms with Gasteiger partial charge in [0.15, 0.2) is 0 Å². The number of carboxylic acid groups (broad SMARTS) is 1. The summed E-state index contributed by atoms with van der Waals surface area (Å²) in [6.07, 6.45) is 2.85. The summed E-state index contributed by atoms with van der Waals surface area (Å²) in [6, 6.07) is 18.0. The Bertz CT molecular complexity index is 1310. The maximum Gasteiger partial charge on any atom is 0.322 e. The topological polar surface area (TPSA) is 112 Å². The van der Waals surface area contributed by atoms with E-state index in [1.54, 1.807) is 35.6 Å². The van der Waals surface area contributed by atoms with Gasteiger partial charge in [-0.1, -0.05) is 24.3 Å². The number of rotatable bonds is 9. The van der Waals surface area contributed by atoms with Gasteiger partial charge < -0.3 is 10.4 Å². The minimum Gasteiger partial charge on any atom is -0.480 e. The molecule has 0 unspecified atom stereocenters. The molecule has 10 heteroatoms. The third-order valence-electron chi connectivity index (χ3n) is 4.65. The fourth-order valence-electron chi connectivity index (χ4n) is 3.18. The Morgan fingerprint density at radius 3 is 2.66 bits per heavy atom. The van der Waals surface area contributed by atoms with Crippen molar-refractivity contribution in [3.8, 4) is 0 Å². The number of hydrogen-bond donors (Lipinski definition) is 2. The lowest BCUT2D eigenvalue weighted by atomic mass is 10.2. The van der Waals surface area contributed by atoms with Crippen molar-refractivity contribution in [2.45, 2.75) is 18.0 Å². The smallest absolute Gasteiger partial charge is 0.322 e. The van der Waals surface area contributed by atoms with E-state index in [4.69, 9.17) is 5.11 Å². The van der Waals surface area contributed by atoms with E-state index in [-0.39, 0.29) is 24.5 Å². The summed E-state index contributed by atoms with van der Waals surface area (Å²) < 4.78 is 29.3. The van der Waals surface area contributed by atoms with E-state index >= 15 is 0 Å². The van der Waals surface area contributed by atoms with Gasteiger partial charge in [-0.25, -0.2) is 13.4 Å². The molecule has 4 aromatic rings. The first kappa shape index (κ1) is 21.9. The molecule has 0 saturated heterocycles. The first-order valence-electron chi connectivity index (χ1n) is 9.71. The zero-order valence-corrected chi connectivity index (χ0v) is 18.5. The molecule has 0 amide bonds. The molecule has 3 heterocycles. The van der Waals surface area contributed by atoms with Gasteiger partial charge in [0, 0.05) is 28.5 Å². The average Bonchev–Trinajstić information content (AvgIpc) is 3.21. The second-order valence-corrected chi connectivity index (χ2v) is 10.1. The predicted octanol–water partition coefficient (Wildman–Crippen LogP) is 3.58. The second kappa shape index (κ2) is 9.43. The van der Waals surface area contributed by atoms with Crippen molar-refractivity contribution < 1.29 is 18.3 Å². The highest BCUT2D eigenvalue weighted by atomic mass is 32.2. The highest BCUT2D eigenvalue weighted by Gasteiger charge is 2.26. The molecule has 1 aromatic carbocycles. The number of nitrogens with zero attached hydrogens (tertiary/aromatic N) is 3. The van der Waals surface area contributed by atoms with Crippen LogP contribution in [0.2, 0.25) is 0 Å². The monoisotopic (exact) mass is 468 g/mol. The van der Waals surface area contributed by atoms with Crippen LogP contribution in [0.25, 0.3) is 10.1 Å². The van der Waals surface area contributed by atoms with Gasteiger partial charge >= 0.3 is 5.97 Å². The number of benzene rings is 1. The molecule has 0 fully saturated rings. The molecular weight excluding hydrogens is 448 g/mol. The number of sulfonamides is 1. The van der Waals surface area contributed by atoms with Crippen molar-refractivity contribution in [1.29, 1.82) is 0 Å². The van der Waals surface area contributed by atoms with E-state index in [1.165, 1.54) is 22.8 Å². The molecule has 0 atom stereocenters. The Kier molecular flexibility index (Phi) is 6.45. The number of aliphatic carboxylic acids is 1. The van der Waals surface area contributed by atoms with Crippen LogP contribution >= 0.6 is 11.3 Å². The zero-order chi connectivity index (χ0) is 22.6. The van der Waals surface area contributed by atoms with E-state index in [0.717, 1.165) is 15.0 Å².